The molecule has 1 aromatic rings. The average molecular weight is 261 g/mol. The molecule has 0 saturated carbocycles. The average Bonchev–Trinajstić information content (AvgIpc) is 2.63. The summed E-state index contributed by atoms with van der Waals surface area (Å²) in [6, 6.07) is 6.27. The Morgan fingerprint density at radius 2 is 2.12 bits per heavy atom. The number of benzene rings is 1. The van der Waals surface area contributed by atoms with Crippen molar-refractivity contribution in [1.29, 1.82) is 0 Å². The molecule has 2 rings (SSSR count). The van der Waals surface area contributed by atoms with E-state index in [0.717, 1.165) is 5.56 Å². The molecule has 1 heterocycles. The number of carbonyl (C=O) groups excluding carboxylic acids is 1. The maximum absolute atomic E-state index is 12.2. The largest absolute Gasteiger partial charge is 0.446 e. The van der Waals surface area contributed by atoms with Crippen molar-refractivity contribution in [2.24, 2.45) is 0 Å². The minimum Gasteiger partial charge on any atom is -0.355 e. The van der Waals surface area contributed by atoms with E-state index < -0.39 is 5.51 Å². The third-order valence-electron chi connectivity index (χ3n) is 2.54. The minimum atomic E-state index is -4.28. The summed E-state index contributed by atoms with van der Waals surface area (Å²) in [7, 11) is 0. The topological polar surface area (TPSA) is 29.1 Å². The first-order chi connectivity index (χ1) is 7.94. The molecule has 1 amide bonds. The molecule has 1 aliphatic rings. The van der Waals surface area contributed by atoms with Crippen molar-refractivity contribution in [3.05, 3.63) is 29.8 Å². The van der Waals surface area contributed by atoms with Crippen LogP contribution in [-0.4, -0.2) is 18.0 Å². The highest BCUT2D eigenvalue weighted by molar-refractivity contribution is 8.00. The van der Waals surface area contributed by atoms with E-state index in [9.17, 15) is 18.0 Å². The van der Waals surface area contributed by atoms with Crippen LogP contribution in [0.3, 0.4) is 0 Å². The molecular formula is C11H10F3NOS. The zero-order chi connectivity index (χ0) is 12.5. The fourth-order valence-corrected chi connectivity index (χ4v) is 2.42. The lowest BCUT2D eigenvalue weighted by Gasteiger charge is -2.10. The second-order valence-corrected chi connectivity index (χ2v) is 4.96. The number of nitrogens with one attached hydrogen (secondary N) is 1. The summed E-state index contributed by atoms with van der Waals surface area (Å²) >= 11 is -0.131. The molecule has 1 N–H and O–H groups in total. The summed E-state index contributed by atoms with van der Waals surface area (Å²) in [5.41, 5.74) is -3.50. The summed E-state index contributed by atoms with van der Waals surface area (Å²) in [5.74, 6) is -0.0693. The van der Waals surface area contributed by atoms with Gasteiger partial charge in [0, 0.05) is 23.8 Å². The number of hydrogen-bond acceptors (Lipinski definition) is 2. The van der Waals surface area contributed by atoms with Gasteiger partial charge in [-0.25, -0.2) is 0 Å². The summed E-state index contributed by atoms with van der Waals surface area (Å²) < 4.78 is 36.6. The Morgan fingerprint density at radius 1 is 1.35 bits per heavy atom. The highest BCUT2D eigenvalue weighted by atomic mass is 32.2. The van der Waals surface area contributed by atoms with Gasteiger partial charge in [-0.1, -0.05) is 12.1 Å². The molecule has 0 bridgehead atoms. The molecule has 17 heavy (non-hydrogen) atoms. The number of thioether (sulfide) groups is 1. The summed E-state index contributed by atoms with van der Waals surface area (Å²) in [6.45, 7) is 0.499. The lowest BCUT2D eigenvalue weighted by molar-refractivity contribution is -0.119. The van der Waals surface area contributed by atoms with Crippen LogP contribution in [0, 0.1) is 0 Å². The van der Waals surface area contributed by atoms with Gasteiger partial charge >= 0.3 is 5.51 Å². The molecule has 0 spiro atoms. The molecule has 1 fully saturated rings. The zero-order valence-electron chi connectivity index (χ0n) is 8.75. The highest BCUT2D eigenvalue weighted by Crippen LogP contribution is 2.38. The van der Waals surface area contributed by atoms with E-state index in [1.165, 1.54) is 12.1 Å². The molecule has 6 heteroatoms. The van der Waals surface area contributed by atoms with Crippen LogP contribution in [0.15, 0.2) is 29.2 Å². The second-order valence-electron chi connectivity index (χ2n) is 3.83. The van der Waals surface area contributed by atoms with Crippen molar-refractivity contribution in [1.82, 2.24) is 5.32 Å². The first-order valence-corrected chi connectivity index (χ1v) is 5.88. The van der Waals surface area contributed by atoms with Gasteiger partial charge in [0.2, 0.25) is 5.91 Å². The minimum absolute atomic E-state index is 0.0173. The SMILES string of the molecule is O=C1CC(c2cccc(SC(F)(F)F)c2)CN1. The Morgan fingerprint density at radius 3 is 2.71 bits per heavy atom. The van der Waals surface area contributed by atoms with E-state index >= 15 is 0 Å². The van der Waals surface area contributed by atoms with Crippen LogP contribution in [0.25, 0.3) is 0 Å². The van der Waals surface area contributed by atoms with Crippen LogP contribution in [0.2, 0.25) is 0 Å². The molecule has 1 saturated heterocycles. The predicted octanol–water partition coefficient (Wildman–Crippen LogP) is 2.90. The van der Waals surface area contributed by atoms with E-state index in [2.05, 4.69) is 5.32 Å². The normalized spacial score (nSPS) is 20.4. The van der Waals surface area contributed by atoms with Crippen LogP contribution < -0.4 is 5.32 Å². The Hall–Kier alpha value is -1.17. The number of rotatable bonds is 2. The number of alkyl halides is 3. The van der Waals surface area contributed by atoms with Crippen molar-refractivity contribution in [2.45, 2.75) is 22.7 Å². The fourth-order valence-electron chi connectivity index (χ4n) is 1.81. The lowest BCUT2D eigenvalue weighted by Crippen LogP contribution is -2.13. The maximum atomic E-state index is 12.2. The molecule has 92 valence electrons. The first-order valence-electron chi connectivity index (χ1n) is 5.06. The molecule has 0 aliphatic carbocycles. The number of hydrogen-bond donors (Lipinski definition) is 1. The van der Waals surface area contributed by atoms with E-state index in [1.807, 2.05) is 0 Å². The molecule has 1 unspecified atom stereocenters. The van der Waals surface area contributed by atoms with Gasteiger partial charge < -0.3 is 5.32 Å². The maximum Gasteiger partial charge on any atom is 0.446 e. The number of amides is 1. The third kappa shape index (κ3) is 3.39. The molecule has 1 aliphatic heterocycles. The monoisotopic (exact) mass is 261 g/mol. The van der Waals surface area contributed by atoms with Crippen LogP contribution in [0.1, 0.15) is 17.9 Å². The molecule has 1 atom stereocenters. The van der Waals surface area contributed by atoms with Crippen LogP contribution in [0.5, 0.6) is 0 Å². The second kappa shape index (κ2) is 4.60. The standard InChI is InChI=1S/C11H10F3NOS/c12-11(13,14)17-9-3-1-2-7(4-9)8-5-10(16)15-6-8/h1-4,8H,5-6H2,(H,15,16). The van der Waals surface area contributed by atoms with Gasteiger partial charge in [-0.15, -0.1) is 0 Å². The molecule has 1 aromatic carbocycles. The Kier molecular flexibility index (Phi) is 3.33. The number of carbonyl (C=O) groups is 1. The summed E-state index contributed by atoms with van der Waals surface area (Å²) in [5, 5.41) is 2.67. The molecule has 2 nitrogen and oxygen atoms in total. The van der Waals surface area contributed by atoms with Crippen molar-refractivity contribution in [3.63, 3.8) is 0 Å². The Bertz CT molecular complexity index is 433. The van der Waals surface area contributed by atoms with Gasteiger partial charge in [-0.05, 0) is 29.5 Å². The van der Waals surface area contributed by atoms with Gasteiger partial charge in [0.05, 0.1) is 0 Å². The molecule has 0 aromatic heterocycles. The predicted molar refractivity (Wildman–Crippen MR) is 58.7 cm³/mol. The van der Waals surface area contributed by atoms with Crippen molar-refractivity contribution < 1.29 is 18.0 Å². The van der Waals surface area contributed by atoms with Crippen molar-refractivity contribution in [3.8, 4) is 0 Å². The summed E-state index contributed by atoms with van der Waals surface area (Å²) in [6.07, 6.45) is 0.347. The van der Waals surface area contributed by atoms with Crippen LogP contribution in [0.4, 0.5) is 13.2 Å². The van der Waals surface area contributed by atoms with Gasteiger partial charge in [0.15, 0.2) is 0 Å². The zero-order valence-corrected chi connectivity index (χ0v) is 9.57. The molecule has 0 radical (unpaired) electrons. The Labute approximate surface area is 101 Å². The van der Waals surface area contributed by atoms with Crippen LogP contribution >= 0.6 is 11.8 Å². The first kappa shape index (κ1) is 12.3. The summed E-state index contributed by atoms with van der Waals surface area (Å²) in [4.78, 5) is 11.2. The van der Waals surface area contributed by atoms with Crippen molar-refractivity contribution >= 4 is 17.7 Å². The van der Waals surface area contributed by atoms with Gasteiger partial charge in [-0.3, -0.25) is 4.79 Å². The fraction of sp³-hybridized carbons (Fsp3) is 0.364. The highest BCUT2D eigenvalue weighted by Gasteiger charge is 2.30. The van der Waals surface area contributed by atoms with Crippen molar-refractivity contribution in [2.75, 3.05) is 6.54 Å². The van der Waals surface area contributed by atoms with E-state index in [4.69, 9.17) is 0 Å². The van der Waals surface area contributed by atoms with E-state index in [-0.39, 0.29) is 28.5 Å². The van der Waals surface area contributed by atoms with Gasteiger partial charge in [0.25, 0.3) is 0 Å². The molecular weight excluding hydrogens is 251 g/mol. The van der Waals surface area contributed by atoms with Gasteiger partial charge in [-0.2, -0.15) is 13.2 Å². The van der Waals surface area contributed by atoms with E-state index in [1.54, 1.807) is 12.1 Å². The van der Waals surface area contributed by atoms with Crippen LogP contribution in [-0.2, 0) is 4.79 Å². The number of halogens is 3. The van der Waals surface area contributed by atoms with E-state index in [0.29, 0.717) is 13.0 Å². The Balaban J connectivity index is 2.14. The third-order valence-corrected chi connectivity index (χ3v) is 3.26. The quantitative estimate of drug-likeness (QED) is 0.829. The van der Waals surface area contributed by atoms with Gasteiger partial charge in [0.1, 0.15) is 0 Å². The smallest absolute Gasteiger partial charge is 0.355 e. The lowest BCUT2D eigenvalue weighted by atomic mass is 9.99.